The largest absolute Gasteiger partial charge is 0.490 e. The number of likely N-dealkylation sites (tertiary alicyclic amines) is 1. The van der Waals surface area contributed by atoms with Gasteiger partial charge in [-0.2, -0.15) is 0 Å². The zero-order valence-corrected chi connectivity index (χ0v) is 16.4. The fraction of sp³-hybridized carbons (Fsp3) is 0.450. The fourth-order valence-electron chi connectivity index (χ4n) is 3.09. The van der Waals surface area contributed by atoms with Crippen molar-refractivity contribution < 1.29 is 23.6 Å². The molecule has 1 saturated heterocycles. The summed E-state index contributed by atoms with van der Waals surface area (Å²) in [5.74, 6) is 1.77. The Morgan fingerprint density at radius 1 is 1.21 bits per heavy atom. The summed E-state index contributed by atoms with van der Waals surface area (Å²) in [4.78, 5) is 28.5. The topological polar surface area (TPSA) is 85.1 Å². The maximum Gasteiger partial charge on any atom is 0.261 e. The lowest BCUT2D eigenvalue weighted by Crippen LogP contribution is -2.42. The Morgan fingerprint density at radius 3 is 2.57 bits per heavy atom. The number of nitrogens with zero attached hydrogens (tertiary/aromatic N) is 3. The Morgan fingerprint density at radius 2 is 1.96 bits per heavy atom. The van der Waals surface area contributed by atoms with Gasteiger partial charge in [-0.3, -0.25) is 14.5 Å². The first kappa shape index (κ1) is 19.7. The van der Waals surface area contributed by atoms with Gasteiger partial charge in [0.05, 0.1) is 13.2 Å². The summed E-state index contributed by atoms with van der Waals surface area (Å²) in [6.07, 6.45) is 1.29. The maximum absolute atomic E-state index is 13.3. The van der Waals surface area contributed by atoms with E-state index >= 15 is 0 Å². The molecule has 2 amide bonds. The molecule has 8 heteroatoms. The molecule has 0 N–H and O–H groups in total. The van der Waals surface area contributed by atoms with Crippen LogP contribution in [0.4, 0.5) is 5.82 Å². The van der Waals surface area contributed by atoms with Crippen molar-refractivity contribution in [2.45, 2.75) is 33.6 Å². The van der Waals surface area contributed by atoms with E-state index in [-0.39, 0.29) is 18.5 Å². The fourth-order valence-corrected chi connectivity index (χ4v) is 3.09. The number of hydrogen-bond donors (Lipinski definition) is 0. The second-order valence-corrected chi connectivity index (χ2v) is 6.46. The average molecular weight is 387 g/mol. The molecule has 28 heavy (non-hydrogen) atoms. The molecule has 0 unspecified atom stereocenters. The summed E-state index contributed by atoms with van der Waals surface area (Å²) in [6, 6.07) is 6.73. The molecular weight excluding hydrogens is 362 g/mol. The van der Waals surface area contributed by atoms with Crippen LogP contribution in [-0.2, 0) is 4.79 Å². The lowest BCUT2D eigenvalue weighted by Gasteiger charge is -2.26. The minimum atomic E-state index is -0.294. The molecule has 0 saturated carbocycles. The number of ether oxygens (including phenoxy) is 2. The van der Waals surface area contributed by atoms with E-state index in [1.54, 1.807) is 36.1 Å². The predicted octanol–water partition coefficient (Wildman–Crippen LogP) is 3.01. The third-order valence-corrected chi connectivity index (χ3v) is 4.41. The Balaban J connectivity index is 1.91. The summed E-state index contributed by atoms with van der Waals surface area (Å²) >= 11 is 0. The van der Waals surface area contributed by atoms with Crippen molar-refractivity contribution in [2.24, 2.45) is 0 Å². The van der Waals surface area contributed by atoms with E-state index in [1.165, 1.54) is 4.90 Å². The highest BCUT2D eigenvalue weighted by Gasteiger charge is 2.28. The van der Waals surface area contributed by atoms with Crippen molar-refractivity contribution in [3.8, 4) is 11.5 Å². The Bertz CT molecular complexity index is 848. The van der Waals surface area contributed by atoms with Crippen molar-refractivity contribution in [2.75, 3.05) is 31.3 Å². The predicted molar refractivity (Wildman–Crippen MR) is 103 cm³/mol. The zero-order valence-electron chi connectivity index (χ0n) is 16.4. The molecule has 0 radical (unpaired) electrons. The smallest absolute Gasteiger partial charge is 0.261 e. The molecule has 0 aliphatic carbocycles. The van der Waals surface area contributed by atoms with E-state index in [2.05, 4.69) is 5.16 Å². The number of aromatic nitrogens is 1. The van der Waals surface area contributed by atoms with Gasteiger partial charge in [0, 0.05) is 24.6 Å². The molecule has 1 fully saturated rings. The first-order valence-electron chi connectivity index (χ1n) is 9.46. The van der Waals surface area contributed by atoms with Gasteiger partial charge in [0.15, 0.2) is 17.3 Å². The van der Waals surface area contributed by atoms with Crippen LogP contribution >= 0.6 is 0 Å². The molecule has 1 aromatic carbocycles. The van der Waals surface area contributed by atoms with Crippen LogP contribution in [0.25, 0.3) is 0 Å². The lowest BCUT2D eigenvalue weighted by molar-refractivity contribution is -0.127. The number of benzene rings is 1. The average Bonchev–Trinajstić information content (AvgIpc) is 3.29. The van der Waals surface area contributed by atoms with Crippen molar-refractivity contribution in [1.29, 1.82) is 0 Å². The van der Waals surface area contributed by atoms with Crippen molar-refractivity contribution in [3.05, 3.63) is 35.6 Å². The van der Waals surface area contributed by atoms with E-state index in [4.69, 9.17) is 14.0 Å². The van der Waals surface area contributed by atoms with Crippen LogP contribution in [0.5, 0.6) is 11.5 Å². The number of rotatable bonds is 8. The second kappa shape index (κ2) is 8.77. The highest BCUT2D eigenvalue weighted by atomic mass is 16.5. The van der Waals surface area contributed by atoms with Gasteiger partial charge in [-0.15, -0.1) is 0 Å². The van der Waals surface area contributed by atoms with Crippen LogP contribution in [0, 0.1) is 6.92 Å². The highest BCUT2D eigenvalue weighted by Crippen LogP contribution is 2.30. The van der Waals surface area contributed by atoms with Gasteiger partial charge >= 0.3 is 0 Å². The first-order chi connectivity index (χ1) is 13.5. The maximum atomic E-state index is 13.3. The molecule has 1 aliphatic rings. The highest BCUT2D eigenvalue weighted by molar-refractivity contribution is 6.06. The number of aryl methyl sites for hydroxylation is 1. The molecule has 2 heterocycles. The molecule has 150 valence electrons. The number of carbonyl (C=O) groups is 2. The standard InChI is InChI=1S/C20H25N3O5/c1-4-26-16-9-8-15(12-17(16)27-5-2)20(25)23(18-11-14(3)28-21-18)13-22-10-6-7-19(22)24/h8-9,11-12H,4-7,10,13H2,1-3H3. The minimum Gasteiger partial charge on any atom is -0.490 e. The number of carbonyl (C=O) groups excluding carboxylic acids is 2. The monoisotopic (exact) mass is 387 g/mol. The van der Waals surface area contributed by atoms with Crippen LogP contribution in [0.1, 0.15) is 42.8 Å². The SMILES string of the molecule is CCOc1ccc(C(=O)N(CN2CCCC2=O)c2cc(C)on2)cc1OCC. The first-order valence-corrected chi connectivity index (χ1v) is 9.46. The molecule has 2 aromatic rings. The van der Waals surface area contributed by atoms with Gasteiger partial charge in [0.1, 0.15) is 12.4 Å². The van der Waals surface area contributed by atoms with Gasteiger partial charge in [0.25, 0.3) is 5.91 Å². The van der Waals surface area contributed by atoms with Gasteiger partial charge in [-0.25, -0.2) is 0 Å². The lowest BCUT2D eigenvalue weighted by atomic mass is 10.1. The van der Waals surface area contributed by atoms with E-state index in [9.17, 15) is 9.59 Å². The summed E-state index contributed by atoms with van der Waals surface area (Å²) < 4.78 is 16.3. The van der Waals surface area contributed by atoms with E-state index in [1.807, 2.05) is 13.8 Å². The molecule has 0 atom stereocenters. The van der Waals surface area contributed by atoms with Crippen molar-refractivity contribution in [1.82, 2.24) is 10.1 Å². The molecule has 1 aromatic heterocycles. The number of anilines is 1. The zero-order chi connectivity index (χ0) is 20.1. The van der Waals surface area contributed by atoms with Crippen LogP contribution in [0.3, 0.4) is 0 Å². The van der Waals surface area contributed by atoms with Crippen molar-refractivity contribution >= 4 is 17.6 Å². The van der Waals surface area contributed by atoms with Gasteiger partial charge < -0.3 is 18.9 Å². The van der Waals surface area contributed by atoms with Crippen LogP contribution in [0.15, 0.2) is 28.8 Å². The Hall–Kier alpha value is -3.03. The molecule has 0 spiro atoms. The minimum absolute atomic E-state index is 0.0275. The summed E-state index contributed by atoms with van der Waals surface area (Å²) in [5, 5.41) is 3.97. The van der Waals surface area contributed by atoms with E-state index in [0.717, 1.165) is 6.42 Å². The third kappa shape index (κ3) is 4.27. The molecule has 1 aliphatic heterocycles. The van der Waals surface area contributed by atoms with Crippen LogP contribution in [0.2, 0.25) is 0 Å². The quantitative estimate of drug-likeness (QED) is 0.692. The molecule has 0 bridgehead atoms. The van der Waals surface area contributed by atoms with Crippen LogP contribution < -0.4 is 14.4 Å². The Labute approximate surface area is 164 Å². The molecule has 3 rings (SSSR count). The number of amides is 2. The van der Waals surface area contributed by atoms with E-state index < -0.39 is 0 Å². The van der Waals surface area contributed by atoms with Gasteiger partial charge in [0.2, 0.25) is 5.91 Å². The van der Waals surface area contributed by atoms with E-state index in [0.29, 0.717) is 54.8 Å². The summed E-state index contributed by atoms with van der Waals surface area (Å²) in [7, 11) is 0. The summed E-state index contributed by atoms with van der Waals surface area (Å²) in [6.45, 7) is 7.20. The Kier molecular flexibility index (Phi) is 6.18. The summed E-state index contributed by atoms with van der Waals surface area (Å²) in [5.41, 5.74) is 0.416. The third-order valence-electron chi connectivity index (χ3n) is 4.41. The molecular formula is C20H25N3O5. The molecule has 8 nitrogen and oxygen atoms in total. The second-order valence-electron chi connectivity index (χ2n) is 6.46. The number of hydrogen-bond acceptors (Lipinski definition) is 6. The van der Waals surface area contributed by atoms with Crippen LogP contribution in [-0.4, -0.2) is 48.3 Å². The van der Waals surface area contributed by atoms with Crippen molar-refractivity contribution in [3.63, 3.8) is 0 Å². The normalized spacial score (nSPS) is 13.7. The van der Waals surface area contributed by atoms with Gasteiger partial charge in [-0.1, -0.05) is 5.16 Å². The van der Waals surface area contributed by atoms with Gasteiger partial charge in [-0.05, 0) is 45.4 Å².